The first kappa shape index (κ1) is 21.2. The van der Waals surface area contributed by atoms with Crippen molar-refractivity contribution in [2.75, 3.05) is 10.0 Å². The quantitative estimate of drug-likeness (QED) is 0.447. The van der Waals surface area contributed by atoms with E-state index in [9.17, 15) is 23.1 Å². The number of halogens is 1. The maximum absolute atomic E-state index is 12.8. The van der Waals surface area contributed by atoms with Crippen LogP contribution in [-0.4, -0.2) is 25.2 Å². The average molecular weight is 501 g/mol. The molecule has 0 fully saturated rings. The number of ketones is 1. The zero-order valence-corrected chi connectivity index (χ0v) is 18.4. The third-order valence-corrected chi connectivity index (χ3v) is 6.87. The second-order valence-electron chi connectivity index (χ2n) is 7.10. The van der Waals surface area contributed by atoms with E-state index < -0.39 is 33.7 Å². The fraction of sp³-hybridized carbons (Fsp3) is 0.0909. The Morgan fingerprint density at radius 1 is 1.03 bits per heavy atom. The van der Waals surface area contributed by atoms with E-state index >= 15 is 0 Å². The highest BCUT2D eigenvalue weighted by Gasteiger charge is 2.46. The minimum Gasteiger partial charge on any atom is -0.375 e. The molecule has 0 aliphatic carbocycles. The predicted octanol–water partition coefficient (Wildman–Crippen LogP) is 3.66. The van der Waals surface area contributed by atoms with Gasteiger partial charge in [-0.15, -0.1) is 0 Å². The number of carbonyl (C=O) groups excluding carboxylic acids is 2. The first-order valence-corrected chi connectivity index (χ1v) is 11.5. The van der Waals surface area contributed by atoms with Gasteiger partial charge in [-0.3, -0.25) is 14.3 Å². The van der Waals surface area contributed by atoms with Gasteiger partial charge >= 0.3 is 0 Å². The van der Waals surface area contributed by atoms with Crippen molar-refractivity contribution in [3.8, 4) is 0 Å². The second kappa shape index (κ2) is 7.92. The van der Waals surface area contributed by atoms with Crippen molar-refractivity contribution in [2.45, 2.75) is 16.9 Å². The Labute approximate surface area is 187 Å². The number of amides is 1. The van der Waals surface area contributed by atoms with Crippen LogP contribution in [0.2, 0.25) is 0 Å². The van der Waals surface area contributed by atoms with Crippen molar-refractivity contribution in [1.82, 2.24) is 0 Å². The van der Waals surface area contributed by atoms with E-state index in [4.69, 9.17) is 0 Å². The molecule has 3 N–H and O–H groups in total. The van der Waals surface area contributed by atoms with Gasteiger partial charge in [-0.05, 0) is 54.6 Å². The first-order valence-electron chi connectivity index (χ1n) is 9.24. The highest BCUT2D eigenvalue weighted by Crippen LogP contribution is 2.40. The molecular formula is C22H17BrN2O5S. The Morgan fingerprint density at radius 3 is 2.39 bits per heavy atom. The number of fused-ring (bicyclic) bond motifs is 1. The molecule has 0 saturated heterocycles. The predicted molar refractivity (Wildman–Crippen MR) is 119 cm³/mol. The number of nitrogens with one attached hydrogen (secondary N) is 2. The third-order valence-electron chi connectivity index (χ3n) is 4.98. The maximum atomic E-state index is 12.8. The molecule has 1 aliphatic rings. The first-order chi connectivity index (χ1) is 14.7. The number of hydrogen-bond donors (Lipinski definition) is 3. The van der Waals surface area contributed by atoms with E-state index in [1.807, 2.05) is 0 Å². The minimum atomic E-state index is -3.75. The number of hydrogen-bond acceptors (Lipinski definition) is 5. The second-order valence-corrected chi connectivity index (χ2v) is 9.70. The molecule has 4 rings (SSSR count). The topological polar surface area (TPSA) is 113 Å². The SMILES string of the molecule is O=C(C[C@@]1(O)C(=O)Nc2ccc(Br)cc21)c1ccc(NS(=O)(=O)c2ccccc2)cc1. The van der Waals surface area contributed by atoms with Crippen molar-refractivity contribution in [3.05, 3.63) is 88.4 Å². The zero-order valence-electron chi connectivity index (χ0n) is 16.0. The smallest absolute Gasteiger partial charge is 0.261 e. The van der Waals surface area contributed by atoms with E-state index in [0.717, 1.165) is 0 Å². The summed E-state index contributed by atoms with van der Waals surface area (Å²) in [4.78, 5) is 25.3. The van der Waals surface area contributed by atoms with Crippen molar-refractivity contribution in [2.24, 2.45) is 0 Å². The molecule has 0 spiro atoms. The lowest BCUT2D eigenvalue weighted by molar-refractivity contribution is -0.133. The summed E-state index contributed by atoms with van der Waals surface area (Å²) in [6, 6.07) is 18.7. The number of carbonyl (C=O) groups is 2. The van der Waals surface area contributed by atoms with Crippen molar-refractivity contribution < 1.29 is 23.1 Å². The van der Waals surface area contributed by atoms with E-state index in [0.29, 0.717) is 15.7 Å². The molecule has 158 valence electrons. The summed E-state index contributed by atoms with van der Waals surface area (Å²) in [6.45, 7) is 0. The summed E-state index contributed by atoms with van der Waals surface area (Å²) in [5.74, 6) is -1.12. The molecular weight excluding hydrogens is 484 g/mol. The van der Waals surface area contributed by atoms with E-state index in [2.05, 4.69) is 26.0 Å². The molecule has 7 nitrogen and oxygen atoms in total. The lowest BCUT2D eigenvalue weighted by Crippen LogP contribution is -2.36. The summed E-state index contributed by atoms with van der Waals surface area (Å²) in [5, 5.41) is 13.5. The summed E-state index contributed by atoms with van der Waals surface area (Å²) < 4.78 is 27.9. The molecule has 9 heteroatoms. The van der Waals surface area contributed by atoms with Gasteiger partial charge in [0.1, 0.15) is 0 Å². The summed E-state index contributed by atoms with van der Waals surface area (Å²) >= 11 is 3.31. The summed E-state index contributed by atoms with van der Waals surface area (Å²) in [5.41, 5.74) is -0.676. The fourth-order valence-corrected chi connectivity index (χ4v) is 4.80. The highest BCUT2D eigenvalue weighted by molar-refractivity contribution is 9.10. The van der Waals surface area contributed by atoms with E-state index in [-0.39, 0.29) is 16.1 Å². The lowest BCUT2D eigenvalue weighted by atomic mass is 9.88. The highest BCUT2D eigenvalue weighted by atomic mass is 79.9. The maximum Gasteiger partial charge on any atom is 0.261 e. The van der Waals surface area contributed by atoms with Crippen LogP contribution >= 0.6 is 15.9 Å². The van der Waals surface area contributed by atoms with Gasteiger partial charge in [0.2, 0.25) is 0 Å². The Hall–Kier alpha value is -3.01. The van der Waals surface area contributed by atoms with E-state index in [1.54, 1.807) is 36.4 Å². The number of sulfonamides is 1. The summed E-state index contributed by atoms with van der Waals surface area (Å²) in [6.07, 6.45) is -0.447. The van der Waals surface area contributed by atoms with Gasteiger partial charge in [-0.1, -0.05) is 34.1 Å². The Kier molecular flexibility index (Phi) is 5.42. The van der Waals surface area contributed by atoms with Gasteiger partial charge in [-0.2, -0.15) is 0 Å². The molecule has 1 aliphatic heterocycles. The normalized spacial score (nSPS) is 17.7. The molecule has 0 radical (unpaired) electrons. The van der Waals surface area contributed by atoms with E-state index in [1.165, 1.54) is 36.4 Å². The molecule has 1 heterocycles. The van der Waals surface area contributed by atoms with Crippen LogP contribution in [0.5, 0.6) is 0 Å². The Balaban J connectivity index is 1.52. The number of rotatable bonds is 6. The molecule has 0 bridgehead atoms. The Bertz CT molecular complexity index is 1280. The Morgan fingerprint density at radius 2 is 1.71 bits per heavy atom. The zero-order chi connectivity index (χ0) is 22.2. The molecule has 0 aromatic heterocycles. The largest absolute Gasteiger partial charge is 0.375 e. The van der Waals surface area contributed by atoms with Gasteiger partial charge in [0.15, 0.2) is 11.4 Å². The molecule has 1 atom stereocenters. The van der Waals surface area contributed by atoms with Gasteiger partial charge in [0.25, 0.3) is 15.9 Å². The van der Waals surface area contributed by atoms with Crippen LogP contribution in [0.1, 0.15) is 22.3 Å². The van der Waals surface area contributed by atoms with Gasteiger partial charge in [0, 0.05) is 27.0 Å². The number of aliphatic hydroxyl groups is 1. The van der Waals surface area contributed by atoms with Crippen molar-refractivity contribution >= 4 is 49.0 Å². The number of Topliss-reactive ketones (excluding diaryl/α,β-unsaturated/α-hetero) is 1. The van der Waals surface area contributed by atoms with Gasteiger partial charge in [0.05, 0.1) is 11.3 Å². The van der Waals surface area contributed by atoms with Crippen molar-refractivity contribution in [3.63, 3.8) is 0 Å². The van der Waals surface area contributed by atoms with Crippen LogP contribution in [-0.2, 0) is 20.4 Å². The van der Waals surface area contributed by atoms with Crippen molar-refractivity contribution in [1.29, 1.82) is 0 Å². The molecule has 1 amide bonds. The number of benzene rings is 3. The standard InChI is InChI=1S/C22H17BrN2O5S/c23-15-8-11-19-18(12-15)22(28,21(27)24-19)13-20(26)14-6-9-16(10-7-14)25-31(29,30)17-4-2-1-3-5-17/h1-12,25,28H,13H2,(H,24,27)/t22-/m0/s1. The molecule has 0 saturated carbocycles. The fourth-order valence-electron chi connectivity index (χ4n) is 3.36. The van der Waals surface area contributed by atoms with Crippen LogP contribution < -0.4 is 10.0 Å². The molecule has 0 unspecified atom stereocenters. The summed E-state index contributed by atoms with van der Waals surface area (Å²) in [7, 11) is -3.75. The molecule has 31 heavy (non-hydrogen) atoms. The third kappa shape index (κ3) is 4.12. The molecule has 3 aromatic carbocycles. The minimum absolute atomic E-state index is 0.120. The van der Waals surface area contributed by atoms with Crippen LogP contribution in [0.3, 0.4) is 0 Å². The molecule has 3 aromatic rings. The average Bonchev–Trinajstić information content (AvgIpc) is 2.98. The van der Waals surface area contributed by atoms with Crippen LogP contribution in [0.25, 0.3) is 0 Å². The van der Waals surface area contributed by atoms with Crippen LogP contribution in [0.4, 0.5) is 11.4 Å². The number of anilines is 2. The van der Waals surface area contributed by atoms with Crippen LogP contribution in [0, 0.1) is 0 Å². The van der Waals surface area contributed by atoms with Gasteiger partial charge < -0.3 is 10.4 Å². The van der Waals surface area contributed by atoms with Gasteiger partial charge in [-0.25, -0.2) is 8.42 Å². The van der Waals surface area contributed by atoms with Crippen LogP contribution in [0.15, 0.2) is 82.2 Å². The monoisotopic (exact) mass is 500 g/mol. The lowest BCUT2D eigenvalue weighted by Gasteiger charge is -2.20.